The summed E-state index contributed by atoms with van der Waals surface area (Å²) >= 11 is 3.40. The van der Waals surface area contributed by atoms with Crippen LogP contribution in [-0.4, -0.2) is 23.4 Å². The Labute approximate surface area is 111 Å². The van der Waals surface area contributed by atoms with Gasteiger partial charge in [0.2, 0.25) is 0 Å². The van der Waals surface area contributed by atoms with E-state index in [1.54, 1.807) is 12.1 Å². The van der Waals surface area contributed by atoms with Gasteiger partial charge in [-0.25, -0.2) is 0 Å². The van der Waals surface area contributed by atoms with E-state index in [9.17, 15) is 4.79 Å². The monoisotopic (exact) mass is 298 g/mol. The molecule has 0 heterocycles. The zero-order valence-corrected chi connectivity index (χ0v) is 12.1. The highest BCUT2D eigenvalue weighted by molar-refractivity contribution is 9.10. The summed E-state index contributed by atoms with van der Waals surface area (Å²) in [5.41, 5.74) is 6.96. The van der Waals surface area contributed by atoms with Crippen LogP contribution < -0.4 is 5.73 Å². The van der Waals surface area contributed by atoms with Gasteiger partial charge in [0.1, 0.15) is 0 Å². The number of anilines is 1. The first-order chi connectivity index (χ1) is 8.01. The quantitative estimate of drug-likeness (QED) is 0.867. The minimum Gasteiger partial charge on any atom is -0.399 e. The fraction of sp³-hybridized carbons (Fsp3) is 0.462. The van der Waals surface area contributed by atoms with Gasteiger partial charge in [-0.05, 0) is 54.4 Å². The van der Waals surface area contributed by atoms with Gasteiger partial charge in [0, 0.05) is 22.7 Å². The molecule has 0 aromatic heterocycles. The van der Waals surface area contributed by atoms with Crippen molar-refractivity contribution in [3.8, 4) is 0 Å². The molecule has 0 spiro atoms. The molecule has 0 radical (unpaired) electrons. The molecule has 2 N–H and O–H groups in total. The second kappa shape index (κ2) is 6.05. The van der Waals surface area contributed by atoms with Crippen LogP contribution in [0.25, 0.3) is 0 Å². The summed E-state index contributed by atoms with van der Waals surface area (Å²) in [6.07, 6.45) is 0.944. The molecule has 0 saturated carbocycles. The fourth-order valence-electron chi connectivity index (χ4n) is 1.74. The third kappa shape index (κ3) is 3.22. The van der Waals surface area contributed by atoms with Crippen LogP contribution >= 0.6 is 15.9 Å². The first-order valence-corrected chi connectivity index (χ1v) is 6.66. The summed E-state index contributed by atoms with van der Waals surface area (Å²) in [6.45, 7) is 6.83. The number of carbonyl (C=O) groups excluding carboxylic acids is 1. The van der Waals surface area contributed by atoms with Crippen molar-refractivity contribution in [1.82, 2.24) is 4.90 Å². The molecule has 1 aromatic rings. The number of amides is 1. The maximum atomic E-state index is 12.4. The van der Waals surface area contributed by atoms with Gasteiger partial charge >= 0.3 is 0 Å². The minimum atomic E-state index is 0.0287. The molecule has 0 fully saturated rings. The first kappa shape index (κ1) is 14.0. The zero-order valence-electron chi connectivity index (χ0n) is 10.5. The lowest BCUT2D eigenvalue weighted by atomic mass is 10.1. The minimum absolute atomic E-state index is 0.0287. The zero-order chi connectivity index (χ0) is 13.0. The highest BCUT2D eigenvalue weighted by Gasteiger charge is 2.20. The maximum Gasteiger partial charge on any atom is 0.255 e. The van der Waals surface area contributed by atoms with Crippen molar-refractivity contribution < 1.29 is 4.79 Å². The number of nitrogen functional groups attached to an aromatic ring is 1. The van der Waals surface area contributed by atoms with E-state index < -0.39 is 0 Å². The molecule has 1 unspecified atom stereocenters. The largest absolute Gasteiger partial charge is 0.399 e. The summed E-state index contributed by atoms with van der Waals surface area (Å²) in [4.78, 5) is 14.3. The third-order valence-electron chi connectivity index (χ3n) is 2.95. The van der Waals surface area contributed by atoms with E-state index in [1.165, 1.54) is 0 Å². The molecule has 17 heavy (non-hydrogen) atoms. The first-order valence-electron chi connectivity index (χ1n) is 5.87. The van der Waals surface area contributed by atoms with E-state index in [0.29, 0.717) is 17.8 Å². The van der Waals surface area contributed by atoms with Gasteiger partial charge in [-0.2, -0.15) is 0 Å². The van der Waals surface area contributed by atoms with E-state index in [0.717, 1.165) is 10.9 Å². The maximum absolute atomic E-state index is 12.4. The van der Waals surface area contributed by atoms with E-state index in [2.05, 4.69) is 29.8 Å². The number of halogens is 1. The SMILES string of the molecule is CCC(C)N(CC)C(=O)c1cc(N)ccc1Br. The summed E-state index contributed by atoms with van der Waals surface area (Å²) in [5.74, 6) is 0.0287. The Balaban J connectivity index is 3.05. The molecule has 4 heteroatoms. The Morgan fingerprint density at radius 2 is 2.12 bits per heavy atom. The molecule has 0 saturated heterocycles. The van der Waals surface area contributed by atoms with Crippen LogP contribution in [0.15, 0.2) is 22.7 Å². The summed E-state index contributed by atoms with van der Waals surface area (Å²) in [5, 5.41) is 0. The van der Waals surface area contributed by atoms with E-state index in [4.69, 9.17) is 5.73 Å². The predicted molar refractivity (Wildman–Crippen MR) is 75.0 cm³/mol. The number of hydrogen-bond donors (Lipinski definition) is 1. The van der Waals surface area contributed by atoms with Crippen molar-refractivity contribution in [1.29, 1.82) is 0 Å². The van der Waals surface area contributed by atoms with Gasteiger partial charge in [0.25, 0.3) is 5.91 Å². The lowest BCUT2D eigenvalue weighted by Crippen LogP contribution is -2.38. The third-order valence-corrected chi connectivity index (χ3v) is 3.64. The molecule has 1 amide bonds. The fourth-order valence-corrected chi connectivity index (χ4v) is 2.15. The van der Waals surface area contributed by atoms with Crippen LogP contribution in [0.2, 0.25) is 0 Å². The molecule has 1 aromatic carbocycles. The van der Waals surface area contributed by atoms with Gasteiger partial charge in [-0.15, -0.1) is 0 Å². The van der Waals surface area contributed by atoms with Crippen LogP contribution in [0.1, 0.15) is 37.6 Å². The number of hydrogen-bond acceptors (Lipinski definition) is 2. The molecule has 3 nitrogen and oxygen atoms in total. The summed E-state index contributed by atoms with van der Waals surface area (Å²) in [7, 11) is 0. The second-order valence-corrected chi connectivity index (χ2v) is 4.94. The van der Waals surface area contributed by atoms with Gasteiger partial charge in [-0.1, -0.05) is 6.92 Å². The molecule has 1 atom stereocenters. The lowest BCUT2D eigenvalue weighted by molar-refractivity contribution is 0.0699. The Kier molecular flexibility index (Phi) is 5.00. The van der Waals surface area contributed by atoms with Crippen molar-refractivity contribution in [2.24, 2.45) is 0 Å². The standard InChI is InChI=1S/C13H19BrN2O/c1-4-9(3)16(5-2)13(17)11-8-10(15)6-7-12(11)14/h6-9H,4-5,15H2,1-3H3. The molecule has 0 aliphatic heterocycles. The molecule has 94 valence electrons. The van der Waals surface area contributed by atoms with E-state index in [-0.39, 0.29) is 11.9 Å². The summed E-state index contributed by atoms with van der Waals surface area (Å²) in [6, 6.07) is 5.55. The number of nitrogens with two attached hydrogens (primary N) is 1. The van der Waals surface area contributed by atoms with Crippen molar-refractivity contribution in [2.75, 3.05) is 12.3 Å². The van der Waals surface area contributed by atoms with Crippen LogP contribution in [0.3, 0.4) is 0 Å². The number of nitrogens with zero attached hydrogens (tertiary/aromatic N) is 1. The number of rotatable bonds is 4. The molecule has 0 bridgehead atoms. The van der Waals surface area contributed by atoms with Crippen molar-refractivity contribution in [3.05, 3.63) is 28.2 Å². The van der Waals surface area contributed by atoms with E-state index in [1.807, 2.05) is 17.9 Å². The Morgan fingerprint density at radius 1 is 1.47 bits per heavy atom. The van der Waals surface area contributed by atoms with E-state index >= 15 is 0 Å². The van der Waals surface area contributed by atoms with Crippen LogP contribution in [0.4, 0.5) is 5.69 Å². The Hall–Kier alpha value is -1.03. The molecular weight excluding hydrogens is 280 g/mol. The topological polar surface area (TPSA) is 46.3 Å². The van der Waals surface area contributed by atoms with Crippen LogP contribution in [0.5, 0.6) is 0 Å². The van der Waals surface area contributed by atoms with Gasteiger partial charge < -0.3 is 10.6 Å². The number of carbonyl (C=O) groups is 1. The Morgan fingerprint density at radius 3 is 2.65 bits per heavy atom. The highest BCUT2D eigenvalue weighted by Crippen LogP contribution is 2.22. The smallest absolute Gasteiger partial charge is 0.255 e. The van der Waals surface area contributed by atoms with Crippen molar-refractivity contribution >= 4 is 27.5 Å². The van der Waals surface area contributed by atoms with Crippen molar-refractivity contribution in [2.45, 2.75) is 33.2 Å². The average Bonchev–Trinajstić information content (AvgIpc) is 2.32. The highest BCUT2D eigenvalue weighted by atomic mass is 79.9. The molecule has 1 rings (SSSR count). The van der Waals surface area contributed by atoms with Crippen LogP contribution in [-0.2, 0) is 0 Å². The predicted octanol–water partition coefficient (Wildman–Crippen LogP) is 3.29. The second-order valence-electron chi connectivity index (χ2n) is 4.09. The van der Waals surface area contributed by atoms with Gasteiger partial charge in [-0.3, -0.25) is 4.79 Å². The van der Waals surface area contributed by atoms with Crippen molar-refractivity contribution in [3.63, 3.8) is 0 Å². The van der Waals surface area contributed by atoms with Crippen LogP contribution in [0, 0.1) is 0 Å². The molecular formula is C13H19BrN2O. The van der Waals surface area contributed by atoms with Gasteiger partial charge in [0.05, 0.1) is 5.56 Å². The molecule has 0 aliphatic rings. The molecule has 0 aliphatic carbocycles. The average molecular weight is 299 g/mol. The lowest BCUT2D eigenvalue weighted by Gasteiger charge is -2.27. The summed E-state index contributed by atoms with van der Waals surface area (Å²) < 4.78 is 0.790. The number of benzene rings is 1. The van der Waals surface area contributed by atoms with Gasteiger partial charge in [0.15, 0.2) is 0 Å². The normalized spacial score (nSPS) is 12.2. The Bertz CT molecular complexity index is 406.